The molecule has 1 aliphatic heterocycles. The average Bonchev–Trinajstić information content (AvgIpc) is 2.45. The molecule has 1 saturated heterocycles. The van der Waals surface area contributed by atoms with E-state index < -0.39 is 0 Å². The molecule has 0 radical (unpaired) electrons. The predicted octanol–water partition coefficient (Wildman–Crippen LogP) is 1.53. The van der Waals surface area contributed by atoms with E-state index in [1.165, 1.54) is 19.3 Å². The van der Waals surface area contributed by atoms with Crippen LogP contribution >= 0.6 is 0 Å². The van der Waals surface area contributed by atoms with E-state index in [9.17, 15) is 9.90 Å². The molecule has 0 aromatic rings. The standard InChI is InChI=1S/C15H28N2O2/c1-12-7-8-16-14(11-12)15(19)17(9-10-18)13-5-3-2-4-6-13/h12-14,16,18H,2-11H2,1H3. The van der Waals surface area contributed by atoms with Crippen molar-refractivity contribution in [3.63, 3.8) is 0 Å². The van der Waals surface area contributed by atoms with E-state index in [0.717, 1.165) is 32.2 Å². The second-order valence-corrected chi connectivity index (χ2v) is 6.18. The highest BCUT2D eigenvalue weighted by Gasteiger charge is 2.32. The van der Waals surface area contributed by atoms with Crippen molar-refractivity contribution in [1.82, 2.24) is 10.2 Å². The number of aliphatic hydroxyl groups is 1. The van der Waals surface area contributed by atoms with Gasteiger partial charge in [-0.25, -0.2) is 0 Å². The van der Waals surface area contributed by atoms with Gasteiger partial charge in [0.05, 0.1) is 12.6 Å². The van der Waals surface area contributed by atoms with Gasteiger partial charge in [-0.1, -0.05) is 26.2 Å². The third kappa shape index (κ3) is 3.93. The molecule has 2 rings (SSSR count). The Morgan fingerprint density at radius 3 is 2.63 bits per heavy atom. The smallest absolute Gasteiger partial charge is 0.240 e. The van der Waals surface area contributed by atoms with Gasteiger partial charge in [0.25, 0.3) is 0 Å². The molecule has 1 amide bonds. The van der Waals surface area contributed by atoms with Crippen LogP contribution in [-0.4, -0.2) is 47.7 Å². The molecular weight excluding hydrogens is 240 g/mol. The SMILES string of the molecule is CC1CCNC(C(=O)N(CCO)C2CCCCC2)C1. The molecule has 2 unspecified atom stereocenters. The summed E-state index contributed by atoms with van der Waals surface area (Å²) in [4.78, 5) is 14.6. The Hall–Kier alpha value is -0.610. The van der Waals surface area contributed by atoms with Gasteiger partial charge in [0.2, 0.25) is 5.91 Å². The quantitative estimate of drug-likeness (QED) is 0.813. The van der Waals surface area contributed by atoms with Crippen LogP contribution in [0.15, 0.2) is 0 Å². The zero-order valence-electron chi connectivity index (χ0n) is 12.1. The fraction of sp³-hybridized carbons (Fsp3) is 0.933. The molecule has 1 saturated carbocycles. The van der Waals surface area contributed by atoms with Crippen molar-refractivity contribution in [2.24, 2.45) is 5.92 Å². The normalized spacial score (nSPS) is 29.2. The number of piperidine rings is 1. The highest BCUT2D eigenvalue weighted by atomic mass is 16.3. The molecule has 110 valence electrons. The summed E-state index contributed by atoms with van der Waals surface area (Å²) in [5, 5.41) is 12.6. The molecule has 2 aliphatic rings. The van der Waals surface area contributed by atoms with Gasteiger partial charge in [0, 0.05) is 12.6 Å². The van der Waals surface area contributed by atoms with Crippen LogP contribution in [0.1, 0.15) is 51.9 Å². The van der Waals surface area contributed by atoms with Crippen LogP contribution in [0, 0.1) is 5.92 Å². The Kier molecular flexibility index (Phi) is 5.64. The number of rotatable bonds is 4. The minimum atomic E-state index is -0.0303. The second kappa shape index (κ2) is 7.25. The van der Waals surface area contributed by atoms with Gasteiger partial charge in [-0.15, -0.1) is 0 Å². The molecule has 0 aromatic heterocycles. The summed E-state index contributed by atoms with van der Waals surface area (Å²) in [6.07, 6.45) is 8.03. The number of nitrogens with zero attached hydrogens (tertiary/aromatic N) is 1. The monoisotopic (exact) mass is 268 g/mol. The zero-order chi connectivity index (χ0) is 13.7. The maximum atomic E-state index is 12.7. The second-order valence-electron chi connectivity index (χ2n) is 6.18. The van der Waals surface area contributed by atoms with Crippen molar-refractivity contribution in [3.05, 3.63) is 0 Å². The fourth-order valence-electron chi connectivity index (χ4n) is 3.47. The van der Waals surface area contributed by atoms with E-state index in [2.05, 4.69) is 12.2 Å². The average molecular weight is 268 g/mol. The Morgan fingerprint density at radius 2 is 2.00 bits per heavy atom. The van der Waals surface area contributed by atoms with Crippen molar-refractivity contribution in [3.8, 4) is 0 Å². The largest absolute Gasteiger partial charge is 0.395 e. The molecule has 0 bridgehead atoms. The number of hydrogen-bond acceptors (Lipinski definition) is 3. The van der Waals surface area contributed by atoms with Gasteiger partial charge in [-0.2, -0.15) is 0 Å². The summed E-state index contributed by atoms with van der Waals surface area (Å²) < 4.78 is 0. The molecule has 2 N–H and O–H groups in total. The third-order valence-corrected chi connectivity index (χ3v) is 4.60. The van der Waals surface area contributed by atoms with Crippen molar-refractivity contribution < 1.29 is 9.90 Å². The first-order valence-electron chi connectivity index (χ1n) is 7.87. The number of hydrogen-bond donors (Lipinski definition) is 2. The van der Waals surface area contributed by atoms with Crippen LogP contribution in [0.3, 0.4) is 0 Å². The first-order valence-corrected chi connectivity index (χ1v) is 7.87. The predicted molar refractivity (Wildman–Crippen MR) is 75.9 cm³/mol. The van der Waals surface area contributed by atoms with Crippen molar-refractivity contribution in [2.45, 2.75) is 64.0 Å². The third-order valence-electron chi connectivity index (χ3n) is 4.60. The van der Waals surface area contributed by atoms with Crippen LogP contribution < -0.4 is 5.32 Å². The van der Waals surface area contributed by atoms with Crippen LogP contribution in [0.2, 0.25) is 0 Å². The molecule has 4 heteroatoms. The molecular formula is C15H28N2O2. The maximum absolute atomic E-state index is 12.7. The van der Waals surface area contributed by atoms with Gasteiger partial charge in [0.15, 0.2) is 0 Å². The van der Waals surface area contributed by atoms with Gasteiger partial charge in [0.1, 0.15) is 0 Å². The number of nitrogens with one attached hydrogen (secondary N) is 1. The van der Waals surface area contributed by atoms with E-state index >= 15 is 0 Å². The van der Waals surface area contributed by atoms with Gasteiger partial charge < -0.3 is 15.3 Å². The van der Waals surface area contributed by atoms with Crippen LogP contribution in [-0.2, 0) is 4.79 Å². The summed E-state index contributed by atoms with van der Waals surface area (Å²) in [6.45, 7) is 3.73. The minimum Gasteiger partial charge on any atom is -0.395 e. The molecule has 2 fully saturated rings. The Balaban J connectivity index is 1.98. The van der Waals surface area contributed by atoms with Crippen molar-refractivity contribution in [1.29, 1.82) is 0 Å². The summed E-state index contributed by atoms with van der Waals surface area (Å²) in [5.41, 5.74) is 0. The first-order chi connectivity index (χ1) is 9.22. The highest BCUT2D eigenvalue weighted by molar-refractivity contribution is 5.82. The minimum absolute atomic E-state index is 0.0303. The molecule has 0 aromatic carbocycles. The van der Waals surface area contributed by atoms with E-state index in [-0.39, 0.29) is 18.6 Å². The topological polar surface area (TPSA) is 52.6 Å². The van der Waals surface area contributed by atoms with E-state index in [0.29, 0.717) is 18.5 Å². The fourth-order valence-corrected chi connectivity index (χ4v) is 3.47. The molecule has 1 heterocycles. The number of aliphatic hydroxyl groups excluding tert-OH is 1. The molecule has 0 spiro atoms. The van der Waals surface area contributed by atoms with Crippen molar-refractivity contribution >= 4 is 5.91 Å². The van der Waals surface area contributed by atoms with E-state index in [1.807, 2.05) is 4.90 Å². The summed E-state index contributed by atoms with van der Waals surface area (Å²) in [5.74, 6) is 0.838. The zero-order valence-corrected chi connectivity index (χ0v) is 12.1. The highest BCUT2D eigenvalue weighted by Crippen LogP contribution is 2.24. The van der Waals surface area contributed by atoms with E-state index in [4.69, 9.17) is 0 Å². The Labute approximate surface area is 116 Å². The van der Waals surface area contributed by atoms with Crippen LogP contribution in [0.25, 0.3) is 0 Å². The van der Waals surface area contributed by atoms with Gasteiger partial charge in [-0.3, -0.25) is 4.79 Å². The first kappa shape index (κ1) is 14.8. The lowest BCUT2D eigenvalue weighted by atomic mass is 9.91. The van der Waals surface area contributed by atoms with Gasteiger partial charge in [-0.05, 0) is 38.1 Å². The molecule has 19 heavy (non-hydrogen) atoms. The Bertz CT molecular complexity index is 290. The maximum Gasteiger partial charge on any atom is 0.240 e. The molecule has 4 nitrogen and oxygen atoms in total. The molecule has 2 atom stereocenters. The van der Waals surface area contributed by atoms with E-state index in [1.54, 1.807) is 0 Å². The Morgan fingerprint density at radius 1 is 1.26 bits per heavy atom. The summed E-state index contributed by atoms with van der Waals surface area (Å²) >= 11 is 0. The lowest BCUT2D eigenvalue weighted by Crippen LogP contribution is -2.54. The summed E-state index contributed by atoms with van der Waals surface area (Å²) in [6, 6.07) is 0.324. The number of amides is 1. The van der Waals surface area contributed by atoms with Crippen LogP contribution in [0.5, 0.6) is 0 Å². The lowest BCUT2D eigenvalue weighted by molar-refractivity contribution is -0.138. The lowest BCUT2D eigenvalue weighted by Gasteiger charge is -2.38. The molecule has 1 aliphatic carbocycles. The van der Waals surface area contributed by atoms with Gasteiger partial charge >= 0.3 is 0 Å². The number of carbonyl (C=O) groups is 1. The van der Waals surface area contributed by atoms with Crippen molar-refractivity contribution in [2.75, 3.05) is 19.7 Å². The summed E-state index contributed by atoms with van der Waals surface area (Å²) in [7, 11) is 0. The van der Waals surface area contributed by atoms with Crippen LogP contribution in [0.4, 0.5) is 0 Å². The number of carbonyl (C=O) groups excluding carboxylic acids is 1.